The van der Waals surface area contributed by atoms with Crippen molar-refractivity contribution in [2.75, 3.05) is 27.1 Å². The van der Waals surface area contributed by atoms with Crippen molar-refractivity contribution in [2.45, 2.75) is 77.7 Å². The summed E-state index contributed by atoms with van der Waals surface area (Å²) in [6.07, 6.45) is 4.24. The van der Waals surface area contributed by atoms with Crippen LogP contribution < -0.4 is 14.8 Å². The molecule has 1 unspecified atom stereocenters. The van der Waals surface area contributed by atoms with Crippen LogP contribution >= 0.6 is 0 Å². The fraction of sp³-hybridized carbons (Fsp3) is 0.586. The lowest BCUT2D eigenvalue weighted by Gasteiger charge is -2.34. The van der Waals surface area contributed by atoms with E-state index in [4.69, 9.17) is 23.7 Å². The van der Waals surface area contributed by atoms with E-state index >= 15 is 0 Å². The van der Waals surface area contributed by atoms with Gasteiger partial charge in [-0.05, 0) is 41.9 Å². The molecule has 0 aromatic heterocycles. The van der Waals surface area contributed by atoms with E-state index < -0.39 is 47.7 Å². The van der Waals surface area contributed by atoms with Gasteiger partial charge in [-0.3, -0.25) is 9.69 Å². The molecule has 4 aliphatic heterocycles. The fourth-order valence-corrected chi connectivity index (χ4v) is 5.65. The molecule has 1 fully saturated rings. The van der Waals surface area contributed by atoms with Gasteiger partial charge in [0.2, 0.25) is 12.7 Å². The van der Waals surface area contributed by atoms with Crippen LogP contribution in [0.3, 0.4) is 0 Å². The molecule has 0 saturated carbocycles. The van der Waals surface area contributed by atoms with Gasteiger partial charge in [-0.1, -0.05) is 32.9 Å². The number of nitrogens with zero attached hydrogens (tertiary/aromatic N) is 2. The number of rotatable bonds is 1. The molecule has 222 valence electrons. The predicted molar refractivity (Wildman–Crippen MR) is 145 cm³/mol. The van der Waals surface area contributed by atoms with Crippen molar-refractivity contribution in [3.63, 3.8) is 0 Å². The van der Waals surface area contributed by atoms with Gasteiger partial charge < -0.3 is 33.9 Å². The van der Waals surface area contributed by atoms with Crippen molar-refractivity contribution in [3.05, 3.63) is 28.8 Å². The molecule has 3 amide bonds. The molecule has 1 aromatic carbocycles. The van der Waals surface area contributed by atoms with Gasteiger partial charge >= 0.3 is 18.2 Å². The molecule has 0 aliphatic carbocycles. The minimum absolute atomic E-state index is 0.0155. The first-order valence-corrected chi connectivity index (χ1v) is 13.9. The van der Waals surface area contributed by atoms with Crippen LogP contribution in [0, 0.1) is 5.41 Å². The lowest BCUT2D eigenvalue weighted by Crippen LogP contribution is -2.57. The summed E-state index contributed by atoms with van der Waals surface area (Å²) in [5, 5.41) is 2.69. The second-order valence-corrected chi connectivity index (χ2v) is 11.8. The number of carbonyl (C=O) groups excluding carboxylic acids is 4. The zero-order chi connectivity index (χ0) is 29.3. The average molecular weight is 572 g/mol. The lowest BCUT2D eigenvalue weighted by molar-refractivity contribution is -0.152. The maximum absolute atomic E-state index is 13.8. The average Bonchev–Trinajstić information content (AvgIpc) is 3.67. The Bertz CT molecular complexity index is 1250. The molecule has 3 atom stereocenters. The molecule has 1 aromatic rings. The first kappa shape index (κ1) is 28.6. The Morgan fingerprint density at radius 2 is 1.90 bits per heavy atom. The molecule has 0 spiro atoms. The van der Waals surface area contributed by atoms with Gasteiger partial charge in [-0.25, -0.2) is 14.4 Å². The molecule has 4 aliphatic rings. The van der Waals surface area contributed by atoms with Crippen LogP contribution in [0.4, 0.5) is 9.59 Å². The molecule has 41 heavy (non-hydrogen) atoms. The number of esters is 1. The molecule has 1 N–H and O–H groups in total. The Kier molecular flexibility index (Phi) is 8.01. The van der Waals surface area contributed by atoms with Gasteiger partial charge in [-0.15, -0.1) is 0 Å². The van der Waals surface area contributed by atoms with Crippen molar-refractivity contribution >= 4 is 30.1 Å². The van der Waals surface area contributed by atoms with Crippen molar-refractivity contribution in [1.29, 1.82) is 0 Å². The third-order valence-electron chi connectivity index (χ3n) is 7.82. The van der Waals surface area contributed by atoms with Crippen LogP contribution in [-0.4, -0.2) is 79.1 Å². The minimum Gasteiger partial charge on any atom is -0.467 e. The number of carbonyl (C=O) groups is 4. The van der Waals surface area contributed by atoms with Gasteiger partial charge in [0, 0.05) is 18.5 Å². The number of allylic oxidation sites excluding steroid dienone is 1. The summed E-state index contributed by atoms with van der Waals surface area (Å²) in [5.74, 6) is 0.188. The quantitative estimate of drug-likeness (QED) is 0.398. The Hall–Kier alpha value is -3.96. The number of amides is 3. The molecule has 5 rings (SSSR count). The highest BCUT2D eigenvalue weighted by Gasteiger charge is 2.47. The SMILES string of the molecule is COC(=O)C1C[C@@H]2CN1C(=O)[C@H](C(C)(C)C)NC(=O)OCCCCC=Cc1c3c(cc4c1OCO4)CN(C3)C(=O)O2. The number of ether oxygens (including phenoxy) is 5. The number of cyclic esters (lactones) is 1. The summed E-state index contributed by atoms with van der Waals surface area (Å²) in [6, 6.07) is -0.0513. The first-order chi connectivity index (χ1) is 19.6. The second-order valence-electron chi connectivity index (χ2n) is 11.8. The normalized spacial score (nSPS) is 25.0. The maximum atomic E-state index is 13.8. The van der Waals surface area contributed by atoms with Crippen LogP contribution in [0.5, 0.6) is 11.5 Å². The van der Waals surface area contributed by atoms with Crippen molar-refractivity contribution in [1.82, 2.24) is 15.1 Å². The largest absolute Gasteiger partial charge is 0.467 e. The zero-order valence-electron chi connectivity index (χ0n) is 23.9. The van der Waals surface area contributed by atoms with Crippen molar-refractivity contribution in [2.24, 2.45) is 5.41 Å². The molecule has 12 nitrogen and oxygen atoms in total. The zero-order valence-corrected chi connectivity index (χ0v) is 23.9. The molecule has 4 bridgehead atoms. The summed E-state index contributed by atoms with van der Waals surface area (Å²) in [5.41, 5.74) is 2.07. The Balaban J connectivity index is 1.43. The highest BCUT2D eigenvalue weighted by molar-refractivity contribution is 5.91. The Morgan fingerprint density at radius 3 is 2.66 bits per heavy atom. The highest BCUT2D eigenvalue weighted by atomic mass is 16.7. The van der Waals surface area contributed by atoms with E-state index in [2.05, 4.69) is 5.32 Å². The number of hydrogen-bond acceptors (Lipinski definition) is 9. The van der Waals surface area contributed by atoms with Crippen LogP contribution in [0.15, 0.2) is 12.1 Å². The highest BCUT2D eigenvalue weighted by Crippen LogP contribution is 2.43. The van der Waals surface area contributed by atoms with Gasteiger partial charge in [0.1, 0.15) is 18.2 Å². The smallest absolute Gasteiger partial charge is 0.410 e. The predicted octanol–water partition coefficient (Wildman–Crippen LogP) is 3.35. The number of benzene rings is 1. The summed E-state index contributed by atoms with van der Waals surface area (Å²) < 4.78 is 27.6. The van der Waals surface area contributed by atoms with Crippen LogP contribution in [0.25, 0.3) is 6.08 Å². The summed E-state index contributed by atoms with van der Waals surface area (Å²) >= 11 is 0. The van der Waals surface area contributed by atoms with Crippen LogP contribution in [0.2, 0.25) is 0 Å². The summed E-state index contributed by atoms with van der Waals surface area (Å²) in [4.78, 5) is 55.4. The molecule has 4 heterocycles. The Morgan fingerprint density at radius 1 is 1.10 bits per heavy atom. The molecule has 0 radical (unpaired) electrons. The summed E-state index contributed by atoms with van der Waals surface area (Å²) in [6.45, 7) is 6.41. The van der Waals surface area contributed by atoms with Crippen molar-refractivity contribution in [3.8, 4) is 11.5 Å². The number of nitrogens with one attached hydrogen (secondary N) is 1. The second kappa shape index (κ2) is 11.5. The van der Waals surface area contributed by atoms with E-state index in [-0.39, 0.29) is 26.4 Å². The lowest BCUT2D eigenvalue weighted by atomic mass is 9.85. The van der Waals surface area contributed by atoms with E-state index in [0.717, 1.165) is 29.5 Å². The summed E-state index contributed by atoms with van der Waals surface area (Å²) in [7, 11) is 1.24. The monoisotopic (exact) mass is 571 g/mol. The number of methoxy groups -OCH3 is 1. The van der Waals surface area contributed by atoms with Gasteiger partial charge in [-0.2, -0.15) is 0 Å². The van der Waals surface area contributed by atoms with E-state index in [1.165, 1.54) is 12.0 Å². The topological polar surface area (TPSA) is 133 Å². The minimum atomic E-state index is -0.983. The van der Waals surface area contributed by atoms with E-state index in [1.807, 2.05) is 39.0 Å². The van der Waals surface area contributed by atoms with E-state index in [0.29, 0.717) is 31.0 Å². The maximum Gasteiger partial charge on any atom is 0.410 e. The number of hydrogen-bond donors (Lipinski definition) is 1. The number of alkyl carbamates (subject to hydrolysis) is 1. The van der Waals surface area contributed by atoms with Gasteiger partial charge in [0.15, 0.2) is 11.5 Å². The molecule has 1 saturated heterocycles. The van der Waals surface area contributed by atoms with Gasteiger partial charge in [0.05, 0.1) is 26.8 Å². The number of fused-ring (bicyclic) bond motifs is 5. The van der Waals surface area contributed by atoms with E-state index in [9.17, 15) is 19.2 Å². The van der Waals surface area contributed by atoms with Gasteiger partial charge in [0.25, 0.3) is 0 Å². The fourth-order valence-electron chi connectivity index (χ4n) is 5.65. The van der Waals surface area contributed by atoms with E-state index in [1.54, 1.807) is 4.90 Å². The molecular weight excluding hydrogens is 534 g/mol. The molecule has 12 heteroatoms. The first-order valence-electron chi connectivity index (χ1n) is 13.9. The molecular formula is C29H37N3O9. The Labute approximate surface area is 238 Å². The standard InChI is InChI=1S/C29H37N3O9/c1-29(2,3)24-25(33)32-14-18(12-21(32)26(34)37-4)41-28(36)31-13-17-11-22-23(40-16-39-22)19(20(17)15-31)9-7-5-6-8-10-38-27(35)30-24/h7,9,11,18,21,24H,5-6,8,10,12-16H2,1-4H3,(H,30,35)/t18-,21?,24-/m1/s1. The van der Waals surface area contributed by atoms with Crippen LogP contribution in [0.1, 0.15) is 63.1 Å². The van der Waals surface area contributed by atoms with Crippen molar-refractivity contribution < 1.29 is 42.9 Å². The third kappa shape index (κ3) is 5.91. The van der Waals surface area contributed by atoms with Crippen LogP contribution in [-0.2, 0) is 36.9 Å². The third-order valence-corrected chi connectivity index (χ3v) is 7.82.